The molecule has 82 valence electrons. The molecule has 2 aromatic rings. The van der Waals surface area contributed by atoms with Crippen LogP contribution in [0.4, 0.5) is 0 Å². The Balaban J connectivity index is 1.76. The first-order valence-electron chi connectivity index (χ1n) is 5.58. The predicted octanol–water partition coefficient (Wildman–Crippen LogP) is 1.52. The Morgan fingerprint density at radius 2 is 2.31 bits per heavy atom. The van der Waals surface area contributed by atoms with Crippen molar-refractivity contribution in [1.29, 1.82) is 0 Å². The van der Waals surface area contributed by atoms with Gasteiger partial charge in [0.1, 0.15) is 0 Å². The summed E-state index contributed by atoms with van der Waals surface area (Å²) >= 11 is 0. The van der Waals surface area contributed by atoms with E-state index in [4.69, 9.17) is 0 Å². The summed E-state index contributed by atoms with van der Waals surface area (Å²) in [6.45, 7) is 0.854. The first-order chi connectivity index (χ1) is 7.92. The van der Waals surface area contributed by atoms with Crippen LogP contribution in [0.25, 0.3) is 5.69 Å². The Morgan fingerprint density at radius 3 is 3.06 bits per heavy atom. The molecule has 0 unspecified atom stereocenters. The number of rotatable bonds is 4. The van der Waals surface area contributed by atoms with Gasteiger partial charge in [-0.15, -0.1) is 0 Å². The maximum absolute atomic E-state index is 4.35. The van der Waals surface area contributed by atoms with Gasteiger partial charge in [0.2, 0.25) is 0 Å². The van der Waals surface area contributed by atoms with Crippen molar-refractivity contribution >= 4 is 0 Å². The molecule has 0 bridgehead atoms. The minimum absolute atomic E-state index is 0.721. The molecule has 4 nitrogen and oxygen atoms in total. The van der Waals surface area contributed by atoms with E-state index >= 15 is 0 Å². The lowest BCUT2D eigenvalue weighted by Crippen LogP contribution is -2.16. The summed E-state index contributed by atoms with van der Waals surface area (Å²) in [4.78, 5) is 8.39. The molecule has 4 heteroatoms. The van der Waals surface area contributed by atoms with Gasteiger partial charge in [-0.25, -0.2) is 4.98 Å². The Morgan fingerprint density at radius 1 is 1.38 bits per heavy atom. The van der Waals surface area contributed by atoms with Crippen molar-refractivity contribution in [2.75, 3.05) is 0 Å². The lowest BCUT2D eigenvalue weighted by molar-refractivity contribution is 0.674. The second-order valence-corrected chi connectivity index (χ2v) is 4.13. The van der Waals surface area contributed by atoms with Crippen LogP contribution >= 0.6 is 0 Å². The quantitative estimate of drug-likeness (QED) is 0.839. The molecule has 0 radical (unpaired) electrons. The van der Waals surface area contributed by atoms with E-state index in [2.05, 4.69) is 21.4 Å². The molecule has 1 N–H and O–H groups in total. The molecule has 2 aromatic heterocycles. The van der Waals surface area contributed by atoms with Crippen molar-refractivity contribution < 1.29 is 0 Å². The lowest BCUT2D eigenvalue weighted by atomic mass is 10.3. The first kappa shape index (κ1) is 9.54. The molecule has 1 aliphatic carbocycles. The molecule has 1 saturated carbocycles. The number of pyridine rings is 1. The fourth-order valence-corrected chi connectivity index (χ4v) is 1.67. The third-order valence-electron chi connectivity index (χ3n) is 2.75. The number of nitrogens with one attached hydrogen (secondary N) is 1. The van der Waals surface area contributed by atoms with E-state index < -0.39 is 0 Å². The Hall–Kier alpha value is -1.68. The fourth-order valence-electron chi connectivity index (χ4n) is 1.67. The molecule has 0 atom stereocenters. The highest BCUT2D eigenvalue weighted by molar-refractivity contribution is 5.31. The topological polar surface area (TPSA) is 42.7 Å². The van der Waals surface area contributed by atoms with Crippen LogP contribution in [-0.2, 0) is 6.54 Å². The van der Waals surface area contributed by atoms with Crippen LogP contribution in [0.2, 0.25) is 0 Å². The van der Waals surface area contributed by atoms with Crippen LogP contribution in [0.3, 0.4) is 0 Å². The molecule has 3 rings (SSSR count). The Labute approximate surface area is 94.4 Å². The number of aromatic nitrogens is 3. The maximum Gasteiger partial charge on any atom is 0.0991 e. The number of nitrogens with zero attached hydrogens (tertiary/aromatic N) is 3. The van der Waals surface area contributed by atoms with Gasteiger partial charge in [-0.2, -0.15) is 0 Å². The molecule has 1 aliphatic rings. The van der Waals surface area contributed by atoms with E-state index in [0.717, 1.165) is 24.0 Å². The number of hydrogen-bond acceptors (Lipinski definition) is 3. The van der Waals surface area contributed by atoms with Gasteiger partial charge in [0.25, 0.3) is 0 Å². The van der Waals surface area contributed by atoms with Gasteiger partial charge in [0.05, 0.1) is 12.0 Å². The smallest absolute Gasteiger partial charge is 0.0991 e. The minimum atomic E-state index is 0.721. The fraction of sp³-hybridized carbons (Fsp3) is 0.333. The SMILES string of the molecule is c1cn(-c2ccnc(CNC3CC3)c2)cn1. The maximum atomic E-state index is 4.35. The van der Waals surface area contributed by atoms with Crippen molar-refractivity contribution in [2.45, 2.75) is 25.4 Å². The molecule has 2 heterocycles. The normalized spacial score (nSPS) is 15.2. The zero-order chi connectivity index (χ0) is 10.8. The molecular formula is C12H14N4. The van der Waals surface area contributed by atoms with Gasteiger partial charge in [-0.05, 0) is 25.0 Å². The summed E-state index contributed by atoms with van der Waals surface area (Å²) < 4.78 is 1.99. The van der Waals surface area contributed by atoms with Gasteiger partial charge in [0.15, 0.2) is 0 Å². The van der Waals surface area contributed by atoms with Crippen molar-refractivity contribution in [2.24, 2.45) is 0 Å². The zero-order valence-corrected chi connectivity index (χ0v) is 9.00. The predicted molar refractivity (Wildman–Crippen MR) is 61.2 cm³/mol. The van der Waals surface area contributed by atoms with Crippen LogP contribution in [0.5, 0.6) is 0 Å². The molecule has 0 amide bonds. The zero-order valence-electron chi connectivity index (χ0n) is 9.00. The molecule has 0 aromatic carbocycles. The average molecular weight is 214 g/mol. The number of hydrogen-bond donors (Lipinski definition) is 1. The largest absolute Gasteiger partial charge is 0.308 e. The molecular weight excluding hydrogens is 200 g/mol. The standard InChI is InChI=1S/C12H14N4/c1-2-10(1)15-8-11-7-12(3-4-14-11)16-6-5-13-9-16/h3-7,9-10,15H,1-2,8H2. The van der Waals surface area contributed by atoms with Gasteiger partial charge < -0.3 is 9.88 Å². The van der Waals surface area contributed by atoms with Crippen LogP contribution in [0.15, 0.2) is 37.1 Å². The van der Waals surface area contributed by atoms with E-state index in [1.165, 1.54) is 12.8 Å². The van der Waals surface area contributed by atoms with Crippen LogP contribution in [0, 0.1) is 0 Å². The van der Waals surface area contributed by atoms with E-state index in [0.29, 0.717) is 0 Å². The van der Waals surface area contributed by atoms with E-state index in [1.807, 2.05) is 23.0 Å². The third kappa shape index (κ3) is 2.12. The highest BCUT2D eigenvalue weighted by Crippen LogP contribution is 2.19. The minimum Gasteiger partial charge on any atom is -0.308 e. The summed E-state index contributed by atoms with van der Waals surface area (Å²) in [5, 5.41) is 3.46. The second-order valence-electron chi connectivity index (χ2n) is 4.13. The second kappa shape index (κ2) is 4.06. The van der Waals surface area contributed by atoms with E-state index in [1.54, 1.807) is 12.5 Å². The molecule has 0 spiro atoms. The van der Waals surface area contributed by atoms with Gasteiger partial charge >= 0.3 is 0 Å². The Bertz CT molecular complexity index is 460. The average Bonchev–Trinajstić information content (AvgIpc) is 2.99. The van der Waals surface area contributed by atoms with Crippen molar-refractivity contribution in [3.63, 3.8) is 0 Å². The van der Waals surface area contributed by atoms with Gasteiger partial charge in [-0.1, -0.05) is 0 Å². The summed E-state index contributed by atoms with van der Waals surface area (Å²) in [5.74, 6) is 0. The lowest BCUT2D eigenvalue weighted by Gasteiger charge is -2.05. The van der Waals surface area contributed by atoms with E-state index in [-0.39, 0.29) is 0 Å². The molecule has 1 fully saturated rings. The summed E-state index contributed by atoms with van der Waals surface area (Å²) in [6, 6.07) is 4.80. The summed E-state index contributed by atoms with van der Waals surface area (Å²) in [5.41, 5.74) is 2.19. The highest BCUT2D eigenvalue weighted by atomic mass is 15.0. The van der Waals surface area contributed by atoms with Crippen LogP contribution in [0.1, 0.15) is 18.5 Å². The molecule has 0 aliphatic heterocycles. The summed E-state index contributed by atoms with van der Waals surface area (Å²) in [7, 11) is 0. The van der Waals surface area contributed by atoms with Crippen LogP contribution in [-0.4, -0.2) is 20.6 Å². The van der Waals surface area contributed by atoms with Gasteiger partial charge in [0, 0.05) is 36.9 Å². The molecule has 16 heavy (non-hydrogen) atoms. The van der Waals surface area contributed by atoms with Crippen LogP contribution < -0.4 is 5.32 Å². The summed E-state index contributed by atoms with van der Waals surface area (Å²) in [6.07, 6.45) is 9.98. The van der Waals surface area contributed by atoms with Gasteiger partial charge in [-0.3, -0.25) is 4.98 Å². The first-order valence-corrected chi connectivity index (χ1v) is 5.58. The van der Waals surface area contributed by atoms with Crippen molar-refractivity contribution in [3.05, 3.63) is 42.7 Å². The monoisotopic (exact) mass is 214 g/mol. The van der Waals surface area contributed by atoms with Crippen molar-refractivity contribution in [3.8, 4) is 5.69 Å². The third-order valence-corrected chi connectivity index (χ3v) is 2.75. The molecule has 0 saturated heterocycles. The van der Waals surface area contributed by atoms with E-state index in [9.17, 15) is 0 Å². The highest BCUT2D eigenvalue weighted by Gasteiger charge is 2.20. The van der Waals surface area contributed by atoms with Crippen molar-refractivity contribution in [1.82, 2.24) is 19.9 Å². The number of imidazole rings is 1. The Kier molecular flexibility index (Phi) is 2.42.